The van der Waals surface area contributed by atoms with E-state index in [1.165, 1.54) is 6.07 Å². The molecule has 0 fully saturated rings. The zero-order chi connectivity index (χ0) is 12.3. The van der Waals surface area contributed by atoms with Crippen molar-refractivity contribution in [2.75, 3.05) is 6.61 Å². The molecule has 0 aliphatic rings. The van der Waals surface area contributed by atoms with E-state index in [-0.39, 0.29) is 11.5 Å². The zero-order valence-corrected chi connectivity index (χ0v) is 11.3. The number of carbonyl (C=O) groups is 1. The Kier molecular flexibility index (Phi) is 4.43. The van der Waals surface area contributed by atoms with E-state index in [1.807, 2.05) is 0 Å². The van der Waals surface area contributed by atoms with E-state index in [4.69, 9.17) is 4.74 Å². The highest BCUT2D eigenvalue weighted by molar-refractivity contribution is 9.11. The van der Waals surface area contributed by atoms with Crippen LogP contribution in [0.4, 0.5) is 8.78 Å². The van der Waals surface area contributed by atoms with Crippen molar-refractivity contribution in [3.63, 3.8) is 0 Å². The monoisotopic (exact) mass is 312 g/mol. The van der Waals surface area contributed by atoms with Gasteiger partial charge in [0, 0.05) is 6.42 Å². The summed E-state index contributed by atoms with van der Waals surface area (Å²) in [4.78, 5) is 11.7. The van der Waals surface area contributed by atoms with Crippen molar-refractivity contribution in [1.82, 2.24) is 0 Å². The standard InChI is InChI=1S/C10H11BrF2O2S/c1-3-15-9(14)8-6(4-7(11)16-8)5-10(2,12)13/h4H,3,5H2,1-2H3. The topological polar surface area (TPSA) is 26.3 Å². The van der Waals surface area contributed by atoms with E-state index in [9.17, 15) is 13.6 Å². The summed E-state index contributed by atoms with van der Waals surface area (Å²) in [5.74, 6) is -3.38. The normalized spacial score (nSPS) is 11.6. The van der Waals surface area contributed by atoms with E-state index in [2.05, 4.69) is 15.9 Å². The summed E-state index contributed by atoms with van der Waals surface area (Å²) in [5, 5.41) is 0. The third-order valence-corrected chi connectivity index (χ3v) is 3.40. The number of halogens is 3. The summed E-state index contributed by atoms with van der Waals surface area (Å²) >= 11 is 4.29. The van der Waals surface area contributed by atoms with Crippen LogP contribution in [0.2, 0.25) is 0 Å². The van der Waals surface area contributed by atoms with E-state index in [0.29, 0.717) is 9.35 Å². The van der Waals surface area contributed by atoms with Gasteiger partial charge in [0.1, 0.15) is 4.88 Å². The van der Waals surface area contributed by atoms with Crippen LogP contribution in [0, 0.1) is 0 Å². The molecule has 0 aliphatic heterocycles. The Morgan fingerprint density at radius 1 is 1.62 bits per heavy atom. The maximum Gasteiger partial charge on any atom is 0.348 e. The Labute approximate surface area is 105 Å². The molecule has 1 aromatic heterocycles. The summed E-state index contributed by atoms with van der Waals surface area (Å²) in [6.45, 7) is 2.73. The smallest absolute Gasteiger partial charge is 0.348 e. The van der Waals surface area contributed by atoms with Gasteiger partial charge in [-0.25, -0.2) is 13.6 Å². The predicted octanol–water partition coefficient (Wildman–Crippen LogP) is 3.89. The fourth-order valence-electron chi connectivity index (χ4n) is 1.23. The molecule has 0 N–H and O–H groups in total. The first-order chi connectivity index (χ1) is 7.33. The highest BCUT2D eigenvalue weighted by atomic mass is 79.9. The lowest BCUT2D eigenvalue weighted by Gasteiger charge is -2.09. The highest BCUT2D eigenvalue weighted by Crippen LogP contribution is 2.31. The lowest BCUT2D eigenvalue weighted by Crippen LogP contribution is -2.15. The van der Waals surface area contributed by atoms with Crippen molar-refractivity contribution < 1.29 is 18.3 Å². The van der Waals surface area contributed by atoms with Crippen LogP contribution in [-0.2, 0) is 11.2 Å². The number of thiophene rings is 1. The lowest BCUT2D eigenvalue weighted by atomic mass is 10.1. The number of ether oxygens (including phenoxy) is 1. The van der Waals surface area contributed by atoms with E-state index < -0.39 is 18.3 Å². The van der Waals surface area contributed by atoms with Crippen LogP contribution >= 0.6 is 27.3 Å². The molecule has 0 radical (unpaired) electrons. The second kappa shape index (κ2) is 5.23. The molecule has 0 aromatic carbocycles. The molecule has 6 heteroatoms. The van der Waals surface area contributed by atoms with Gasteiger partial charge >= 0.3 is 5.97 Å². The molecule has 16 heavy (non-hydrogen) atoms. The van der Waals surface area contributed by atoms with Crippen LogP contribution in [0.15, 0.2) is 9.85 Å². The number of rotatable bonds is 4. The molecule has 1 rings (SSSR count). The summed E-state index contributed by atoms with van der Waals surface area (Å²) in [6.07, 6.45) is -0.455. The largest absolute Gasteiger partial charge is 0.462 e. The van der Waals surface area contributed by atoms with Gasteiger partial charge in [-0.3, -0.25) is 0 Å². The first-order valence-corrected chi connectivity index (χ1v) is 6.27. The fourth-order valence-corrected chi connectivity index (χ4v) is 2.79. The second-order valence-electron chi connectivity index (χ2n) is 3.37. The van der Waals surface area contributed by atoms with Crippen LogP contribution < -0.4 is 0 Å². The van der Waals surface area contributed by atoms with Gasteiger partial charge < -0.3 is 4.74 Å². The quantitative estimate of drug-likeness (QED) is 0.789. The highest BCUT2D eigenvalue weighted by Gasteiger charge is 2.27. The van der Waals surface area contributed by atoms with Gasteiger partial charge in [0.15, 0.2) is 0 Å². The molecule has 0 aliphatic carbocycles. The number of alkyl halides is 2. The first-order valence-electron chi connectivity index (χ1n) is 4.66. The molecule has 0 saturated heterocycles. The van der Waals surface area contributed by atoms with Gasteiger partial charge in [0.25, 0.3) is 0 Å². The summed E-state index contributed by atoms with van der Waals surface area (Å²) in [5.41, 5.74) is 0.322. The van der Waals surface area contributed by atoms with Crippen LogP contribution in [0.5, 0.6) is 0 Å². The number of hydrogen-bond donors (Lipinski definition) is 0. The van der Waals surface area contributed by atoms with Crippen molar-refractivity contribution in [3.05, 3.63) is 20.3 Å². The number of carbonyl (C=O) groups excluding carboxylic acids is 1. The third-order valence-electron chi connectivity index (χ3n) is 1.74. The minimum absolute atomic E-state index is 0.232. The van der Waals surface area contributed by atoms with Gasteiger partial charge in [-0.2, -0.15) is 0 Å². The Balaban J connectivity index is 2.96. The van der Waals surface area contributed by atoms with Crippen LogP contribution in [-0.4, -0.2) is 18.5 Å². The minimum Gasteiger partial charge on any atom is -0.462 e. The number of hydrogen-bond acceptors (Lipinski definition) is 3. The van der Waals surface area contributed by atoms with E-state index in [1.54, 1.807) is 6.92 Å². The molecule has 1 aromatic rings. The predicted molar refractivity (Wildman–Crippen MR) is 62.3 cm³/mol. The second-order valence-corrected chi connectivity index (χ2v) is 5.80. The van der Waals surface area contributed by atoms with Crippen molar-refractivity contribution in [3.8, 4) is 0 Å². The Morgan fingerprint density at radius 3 is 2.75 bits per heavy atom. The Morgan fingerprint density at radius 2 is 2.25 bits per heavy atom. The molecule has 2 nitrogen and oxygen atoms in total. The Bertz CT molecular complexity index is 385. The molecule has 1 heterocycles. The van der Waals surface area contributed by atoms with Crippen molar-refractivity contribution >= 4 is 33.2 Å². The molecular weight excluding hydrogens is 302 g/mol. The molecule has 0 amide bonds. The number of esters is 1. The Hall–Kier alpha value is -0.490. The summed E-state index contributed by atoms with van der Waals surface area (Å²) < 4.78 is 31.2. The SMILES string of the molecule is CCOC(=O)c1sc(Br)cc1CC(C)(F)F. The van der Waals surface area contributed by atoms with Gasteiger partial charge in [-0.15, -0.1) is 11.3 Å². The van der Waals surface area contributed by atoms with Crippen molar-refractivity contribution in [1.29, 1.82) is 0 Å². The van der Waals surface area contributed by atoms with Gasteiger partial charge in [-0.05, 0) is 41.4 Å². The summed E-state index contributed by atoms with van der Waals surface area (Å²) in [6, 6.07) is 1.54. The maximum atomic E-state index is 12.9. The minimum atomic E-state index is -2.83. The van der Waals surface area contributed by atoms with Gasteiger partial charge in [0.2, 0.25) is 5.92 Å². The van der Waals surface area contributed by atoms with Crippen LogP contribution in [0.3, 0.4) is 0 Å². The van der Waals surface area contributed by atoms with E-state index in [0.717, 1.165) is 18.3 Å². The van der Waals surface area contributed by atoms with Crippen LogP contribution in [0.25, 0.3) is 0 Å². The average Bonchev–Trinajstić information content (AvgIpc) is 2.44. The molecule has 0 spiro atoms. The molecule has 0 unspecified atom stereocenters. The molecule has 0 bridgehead atoms. The molecule has 0 saturated carbocycles. The first kappa shape index (κ1) is 13.6. The van der Waals surface area contributed by atoms with Gasteiger partial charge in [0.05, 0.1) is 10.4 Å². The fraction of sp³-hybridized carbons (Fsp3) is 0.500. The third kappa shape index (κ3) is 3.83. The molecular formula is C10H11BrF2O2S. The summed E-state index contributed by atoms with van der Waals surface area (Å²) in [7, 11) is 0. The van der Waals surface area contributed by atoms with Gasteiger partial charge in [-0.1, -0.05) is 0 Å². The molecule has 0 atom stereocenters. The molecule has 90 valence electrons. The zero-order valence-electron chi connectivity index (χ0n) is 8.85. The lowest BCUT2D eigenvalue weighted by molar-refractivity contribution is 0.0223. The maximum absolute atomic E-state index is 12.9. The van der Waals surface area contributed by atoms with E-state index >= 15 is 0 Å². The van der Waals surface area contributed by atoms with Crippen molar-refractivity contribution in [2.24, 2.45) is 0 Å². The van der Waals surface area contributed by atoms with Crippen LogP contribution in [0.1, 0.15) is 29.1 Å². The average molecular weight is 313 g/mol. The van der Waals surface area contributed by atoms with Crippen molar-refractivity contribution in [2.45, 2.75) is 26.2 Å².